The maximum absolute atomic E-state index is 14.8. The summed E-state index contributed by atoms with van der Waals surface area (Å²) in [5.74, 6) is -0.799. The fourth-order valence-electron chi connectivity index (χ4n) is 4.78. The van der Waals surface area contributed by atoms with Crippen LogP contribution in [0.25, 0.3) is 11.4 Å². The SMILES string of the molecule is CC(C)(C)[Si](C)(C)OC(C(Cc1ccccc1)NC(=O)Cn1c(-c2ccccc2)ncc(NC(=O)OCc2ccccc2)c1=O)C(F)(F)F. The van der Waals surface area contributed by atoms with Crippen LogP contribution >= 0.6 is 0 Å². The Balaban J connectivity index is 1.66. The molecule has 1 aromatic heterocycles. The number of benzene rings is 3. The van der Waals surface area contributed by atoms with E-state index in [0.717, 1.165) is 16.3 Å². The second kappa shape index (κ2) is 15.6. The molecule has 260 valence electrons. The number of hydrogen-bond donors (Lipinski definition) is 2. The Morgan fingerprint density at radius 3 is 1.98 bits per heavy atom. The summed E-state index contributed by atoms with van der Waals surface area (Å²) in [6.07, 6.45) is -7.11. The number of amides is 2. The first-order chi connectivity index (χ1) is 23.0. The van der Waals surface area contributed by atoms with E-state index in [4.69, 9.17) is 9.16 Å². The number of rotatable bonds is 12. The molecule has 0 aliphatic carbocycles. The highest BCUT2D eigenvalue weighted by molar-refractivity contribution is 6.74. The lowest BCUT2D eigenvalue weighted by atomic mass is 10.0. The highest BCUT2D eigenvalue weighted by Gasteiger charge is 2.51. The fraction of sp³-hybridized carbons (Fsp3) is 0.333. The molecule has 0 bridgehead atoms. The largest absolute Gasteiger partial charge is 0.444 e. The first-order valence-corrected chi connectivity index (χ1v) is 18.7. The highest BCUT2D eigenvalue weighted by Crippen LogP contribution is 2.40. The maximum atomic E-state index is 14.8. The van der Waals surface area contributed by atoms with Crippen molar-refractivity contribution in [2.45, 2.75) is 76.8 Å². The number of nitrogens with zero attached hydrogens (tertiary/aromatic N) is 2. The number of nitrogens with one attached hydrogen (secondary N) is 2. The minimum atomic E-state index is -4.82. The normalized spacial score (nSPS) is 13.3. The molecule has 2 unspecified atom stereocenters. The van der Waals surface area contributed by atoms with Crippen molar-refractivity contribution in [2.75, 3.05) is 5.32 Å². The van der Waals surface area contributed by atoms with Crippen LogP contribution < -0.4 is 16.2 Å². The average molecular weight is 695 g/mol. The Labute approximate surface area is 284 Å². The van der Waals surface area contributed by atoms with Crippen LogP contribution in [0.5, 0.6) is 0 Å². The van der Waals surface area contributed by atoms with Crippen LogP contribution in [0, 0.1) is 0 Å². The van der Waals surface area contributed by atoms with Crippen LogP contribution in [0.2, 0.25) is 18.1 Å². The first kappa shape index (κ1) is 37.1. The summed E-state index contributed by atoms with van der Waals surface area (Å²) in [5, 5.41) is 4.36. The number of carbonyl (C=O) groups excluding carboxylic acids is 2. The quantitative estimate of drug-likeness (QED) is 0.150. The molecular formula is C36H41F3N4O5Si. The van der Waals surface area contributed by atoms with E-state index in [-0.39, 0.29) is 24.5 Å². The summed E-state index contributed by atoms with van der Waals surface area (Å²) in [5.41, 5.74) is 0.681. The van der Waals surface area contributed by atoms with Gasteiger partial charge in [0.1, 0.15) is 24.7 Å². The smallest absolute Gasteiger partial charge is 0.415 e. The van der Waals surface area contributed by atoms with Crippen molar-refractivity contribution in [1.29, 1.82) is 0 Å². The van der Waals surface area contributed by atoms with Crippen molar-refractivity contribution >= 4 is 26.0 Å². The van der Waals surface area contributed by atoms with E-state index in [1.54, 1.807) is 98.0 Å². The zero-order valence-electron chi connectivity index (χ0n) is 28.1. The Bertz CT molecular complexity index is 1760. The third kappa shape index (κ3) is 10.1. The van der Waals surface area contributed by atoms with Crippen LogP contribution in [-0.4, -0.2) is 48.2 Å². The number of aromatic nitrogens is 2. The maximum Gasteiger partial charge on any atom is 0.415 e. The van der Waals surface area contributed by atoms with Crippen molar-refractivity contribution in [1.82, 2.24) is 14.9 Å². The molecule has 0 fully saturated rings. The van der Waals surface area contributed by atoms with Crippen molar-refractivity contribution in [3.05, 3.63) is 119 Å². The van der Waals surface area contributed by atoms with E-state index in [2.05, 4.69) is 15.6 Å². The summed E-state index contributed by atoms with van der Waals surface area (Å²) in [6.45, 7) is 8.18. The monoisotopic (exact) mass is 694 g/mol. The van der Waals surface area contributed by atoms with Crippen LogP contribution in [0.3, 0.4) is 0 Å². The third-order valence-corrected chi connectivity index (χ3v) is 12.8. The molecule has 13 heteroatoms. The lowest BCUT2D eigenvalue weighted by Crippen LogP contribution is -2.58. The first-order valence-electron chi connectivity index (χ1n) is 15.8. The van der Waals surface area contributed by atoms with Crippen LogP contribution in [0.4, 0.5) is 23.7 Å². The summed E-state index contributed by atoms with van der Waals surface area (Å²) in [6, 6.07) is 24.4. The molecule has 2 N–H and O–H groups in total. The summed E-state index contributed by atoms with van der Waals surface area (Å²) in [4.78, 5) is 44.4. The Hall–Kier alpha value is -4.75. The zero-order chi connectivity index (χ0) is 35.8. The minimum Gasteiger partial charge on any atom is -0.444 e. The average Bonchev–Trinajstić information content (AvgIpc) is 3.04. The van der Waals surface area contributed by atoms with Crippen molar-refractivity contribution < 1.29 is 31.9 Å². The molecule has 4 rings (SSSR count). The molecule has 0 radical (unpaired) electrons. The van der Waals surface area contributed by atoms with Gasteiger partial charge in [0.15, 0.2) is 14.4 Å². The molecule has 0 aliphatic heterocycles. The van der Waals surface area contributed by atoms with Gasteiger partial charge in [0.2, 0.25) is 5.91 Å². The van der Waals surface area contributed by atoms with E-state index in [1.165, 1.54) is 0 Å². The predicted molar refractivity (Wildman–Crippen MR) is 184 cm³/mol. The van der Waals surface area contributed by atoms with E-state index in [9.17, 15) is 27.6 Å². The van der Waals surface area contributed by atoms with Gasteiger partial charge in [-0.05, 0) is 35.7 Å². The summed E-state index contributed by atoms with van der Waals surface area (Å²) >= 11 is 0. The molecule has 3 aromatic carbocycles. The summed E-state index contributed by atoms with van der Waals surface area (Å²) in [7, 11) is -2.99. The number of halogens is 3. The Morgan fingerprint density at radius 2 is 1.43 bits per heavy atom. The molecule has 0 aliphatic rings. The molecule has 9 nitrogen and oxygen atoms in total. The molecule has 49 heavy (non-hydrogen) atoms. The van der Waals surface area contributed by atoms with Gasteiger partial charge in [0.05, 0.1) is 12.2 Å². The van der Waals surface area contributed by atoms with Gasteiger partial charge >= 0.3 is 12.3 Å². The number of anilines is 1. The fourth-order valence-corrected chi connectivity index (χ4v) is 6.07. The molecule has 2 amide bonds. The minimum absolute atomic E-state index is 0.0566. The third-order valence-electron chi connectivity index (χ3n) is 8.39. The Kier molecular flexibility index (Phi) is 11.8. The van der Waals surface area contributed by atoms with Crippen LogP contribution in [0.15, 0.2) is 102 Å². The Morgan fingerprint density at radius 1 is 0.878 bits per heavy atom. The van der Waals surface area contributed by atoms with Gasteiger partial charge in [-0.1, -0.05) is 112 Å². The molecule has 1 heterocycles. The lowest BCUT2D eigenvalue weighted by molar-refractivity contribution is -0.206. The van der Waals surface area contributed by atoms with Gasteiger partial charge in [-0.2, -0.15) is 13.2 Å². The lowest BCUT2D eigenvalue weighted by Gasteiger charge is -2.42. The standard InChI is InChI=1S/C36H41F3N4O5Si/c1-35(2,3)49(4,5)48-31(36(37,38)39)28(21-25-15-9-6-10-16-25)41-30(44)23-43-32(27-19-13-8-14-20-27)40-22-29(33(43)45)42-34(46)47-24-26-17-11-7-12-18-26/h6-20,22,28,31H,21,23-24H2,1-5H3,(H,41,44)(H,42,46). The predicted octanol–water partition coefficient (Wildman–Crippen LogP) is 7.34. The number of alkyl halides is 3. The number of carbonyl (C=O) groups is 2. The molecule has 0 saturated carbocycles. The molecule has 0 saturated heterocycles. The van der Waals surface area contributed by atoms with E-state index in [1.807, 2.05) is 26.8 Å². The van der Waals surface area contributed by atoms with Gasteiger partial charge in [-0.25, -0.2) is 9.78 Å². The van der Waals surface area contributed by atoms with Crippen molar-refractivity contribution in [2.24, 2.45) is 0 Å². The van der Waals surface area contributed by atoms with Gasteiger partial charge in [0.25, 0.3) is 5.56 Å². The van der Waals surface area contributed by atoms with Gasteiger partial charge in [-0.15, -0.1) is 0 Å². The van der Waals surface area contributed by atoms with Gasteiger partial charge in [-0.3, -0.25) is 19.5 Å². The second-order valence-corrected chi connectivity index (χ2v) is 17.9. The van der Waals surface area contributed by atoms with Crippen LogP contribution in [0.1, 0.15) is 31.9 Å². The molecule has 4 aromatic rings. The van der Waals surface area contributed by atoms with Gasteiger partial charge in [0, 0.05) is 5.56 Å². The van der Waals surface area contributed by atoms with Crippen LogP contribution in [-0.2, 0) is 33.5 Å². The molecule has 0 spiro atoms. The van der Waals surface area contributed by atoms with E-state index in [0.29, 0.717) is 11.1 Å². The van der Waals surface area contributed by atoms with E-state index >= 15 is 0 Å². The van der Waals surface area contributed by atoms with Crippen molar-refractivity contribution in [3.8, 4) is 11.4 Å². The topological polar surface area (TPSA) is 112 Å². The second-order valence-electron chi connectivity index (χ2n) is 13.1. The number of hydrogen-bond acceptors (Lipinski definition) is 6. The number of ether oxygens (including phenoxy) is 1. The van der Waals surface area contributed by atoms with Gasteiger partial charge < -0.3 is 14.5 Å². The molecule has 2 atom stereocenters. The summed E-state index contributed by atoms with van der Waals surface area (Å²) < 4.78 is 56.6. The zero-order valence-corrected chi connectivity index (χ0v) is 29.1. The molecular weight excluding hydrogens is 653 g/mol. The van der Waals surface area contributed by atoms with E-state index < -0.39 is 55.8 Å². The highest BCUT2D eigenvalue weighted by atomic mass is 28.4. The van der Waals surface area contributed by atoms with Crippen molar-refractivity contribution in [3.63, 3.8) is 0 Å².